The Hall–Kier alpha value is -6.77. The number of esters is 1. The van der Waals surface area contributed by atoms with Crippen LogP contribution in [-0.2, 0) is 14.9 Å². The average molecular weight is 1380 g/mol. The first kappa shape index (κ1) is 61.2. The number of methoxy groups -OCH3 is 1. The predicted molar refractivity (Wildman–Crippen MR) is 427 cm³/mol. The molecule has 9 aromatic carbocycles. The van der Waals surface area contributed by atoms with E-state index in [4.69, 9.17) is 4.74 Å². The quantitative estimate of drug-likeness (QED) is 0.106. The van der Waals surface area contributed by atoms with Gasteiger partial charge in [-0.05, 0) is 460 Å². The van der Waals surface area contributed by atoms with Crippen molar-refractivity contribution in [1.29, 1.82) is 0 Å². The molecule has 2 nitrogen and oxygen atoms in total. The van der Waals surface area contributed by atoms with Gasteiger partial charge in [0.25, 0.3) is 0 Å². The molecule has 0 aromatic heterocycles. The molecule has 0 heterocycles. The van der Waals surface area contributed by atoms with Gasteiger partial charge in [-0.1, -0.05) is 128 Å². The van der Waals surface area contributed by atoms with Crippen molar-refractivity contribution in [2.24, 2.45) is 177 Å². The highest BCUT2D eigenvalue weighted by atomic mass is 16.5. The maximum Gasteiger partial charge on any atom is 0.308 e. The van der Waals surface area contributed by atoms with E-state index >= 15 is 0 Å². The second-order valence-corrected chi connectivity index (χ2v) is 40.9. The number of hydrogen-bond donors (Lipinski definition) is 0. The van der Waals surface area contributed by atoms with Crippen LogP contribution in [0.15, 0.2) is 121 Å². The van der Waals surface area contributed by atoms with Crippen LogP contribution >= 0.6 is 0 Å². The molecule has 26 rings (SSSR count). The summed E-state index contributed by atoms with van der Waals surface area (Å²) in [5.74, 6) is 25.5. The van der Waals surface area contributed by atoms with Gasteiger partial charge < -0.3 is 4.74 Å². The number of ether oxygens (including phenoxy) is 1. The summed E-state index contributed by atoms with van der Waals surface area (Å²) in [6.07, 6.45) is 17.7. The van der Waals surface area contributed by atoms with Gasteiger partial charge in [0.15, 0.2) is 0 Å². The number of benzene rings is 9. The number of rotatable bonds is 9. The average Bonchev–Trinajstić information content (AvgIpc) is 1.38. The second kappa shape index (κ2) is 19.4. The van der Waals surface area contributed by atoms with Gasteiger partial charge in [-0.3, -0.25) is 4.79 Å². The minimum absolute atomic E-state index is 0.00162. The lowest BCUT2D eigenvalue weighted by Gasteiger charge is -2.62. The zero-order valence-electron chi connectivity index (χ0n) is 64.5. The van der Waals surface area contributed by atoms with Crippen molar-refractivity contribution < 1.29 is 9.53 Å². The van der Waals surface area contributed by atoms with Crippen LogP contribution in [0.5, 0.6) is 0 Å². The highest BCUT2D eigenvalue weighted by Crippen LogP contribution is 3.04. The summed E-state index contributed by atoms with van der Waals surface area (Å²) in [7, 11) is 1.69. The lowest BCUT2D eigenvalue weighted by molar-refractivity contribution is -0.150. The lowest BCUT2D eigenvalue weighted by atomic mass is 9.43. The Labute approximate surface area is 623 Å². The lowest BCUT2D eigenvalue weighted by Crippen LogP contribution is -2.58. The van der Waals surface area contributed by atoms with Crippen LogP contribution < -0.4 is 0 Å². The van der Waals surface area contributed by atoms with Gasteiger partial charge in [-0.15, -0.1) is 0 Å². The minimum atomic E-state index is -0.181. The second-order valence-electron chi connectivity index (χ2n) is 40.9. The molecule has 2 heteroatoms. The van der Waals surface area contributed by atoms with E-state index in [0.717, 1.165) is 173 Å². The van der Waals surface area contributed by atoms with E-state index < -0.39 is 0 Å². The van der Waals surface area contributed by atoms with Crippen molar-refractivity contribution in [2.45, 2.75) is 153 Å². The Morgan fingerprint density at radius 1 is 0.390 bits per heavy atom. The first-order chi connectivity index (χ1) is 51.0. The largest absolute Gasteiger partial charge is 0.469 e. The number of carbonyl (C=O) groups is 1. The molecule has 31 unspecified atom stereocenters. The fourth-order valence-corrected chi connectivity index (χ4v) is 38.3. The summed E-state index contributed by atoms with van der Waals surface area (Å²) in [5, 5.41) is 10.9. The van der Waals surface area contributed by atoms with E-state index in [1.54, 1.807) is 55.9 Å². The molecule has 9 aromatic rings. The molecule has 530 valence electrons. The summed E-state index contributed by atoms with van der Waals surface area (Å²) in [6.45, 7) is 30.0. The van der Waals surface area contributed by atoms with E-state index in [1.807, 2.05) is 5.57 Å². The van der Waals surface area contributed by atoms with Crippen LogP contribution in [0.2, 0.25) is 0 Å². The van der Waals surface area contributed by atoms with Gasteiger partial charge in [0, 0.05) is 10.8 Å². The van der Waals surface area contributed by atoms with Crippen LogP contribution in [0.4, 0.5) is 0 Å². The molecule has 105 heavy (non-hydrogen) atoms. The predicted octanol–water partition coefficient (Wildman–Crippen LogP) is 24.1. The summed E-state index contributed by atoms with van der Waals surface area (Å²) in [6, 6.07) is 42.9. The number of hydrogen-bond acceptors (Lipinski definition) is 2. The monoisotopic (exact) mass is 1370 g/mol. The molecule has 16 saturated carbocycles. The molecule has 0 amide bonds. The fraction of sp³-hybridized carbons (Fsp3) is 0.524. The molecule has 17 aliphatic carbocycles. The molecular weight excluding hydrogens is 1270 g/mol. The normalized spacial score (nSPS) is 43.1. The van der Waals surface area contributed by atoms with Crippen molar-refractivity contribution in [1.82, 2.24) is 0 Å². The Bertz CT molecular complexity index is 5440. The number of aryl methyl sites for hydroxylation is 2. The fourth-order valence-electron chi connectivity index (χ4n) is 38.3. The zero-order chi connectivity index (χ0) is 70.2. The van der Waals surface area contributed by atoms with Gasteiger partial charge in [-0.25, -0.2) is 0 Å². The van der Waals surface area contributed by atoms with E-state index in [2.05, 4.69) is 198 Å². The first-order valence-corrected chi connectivity index (χ1v) is 42.9. The van der Waals surface area contributed by atoms with Gasteiger partial charge in [0.2, 0.25) is 0 Å². The molecule has 1 spiro atoms. The van der Waals surface area contributed by atoms with Crippen LogP contribution in [0.3, 0.4) is 0 Å². The third-order valence-corrected chi connectivity index (χ3v) is 39.4. The van der Waals surface area contributed by atoms with Crippen molar-refractivity contribution in [2.75, 3.05) is 7.11 Å². The maximum absolute atomic E-state index is 14.8. The molecule has 0 N–H and O–H groups in total. The smallest absolute Gasteiger partial charge is 0.308 e. The Morgan fingerprint density at radius 3 is 1.24 bits per heavy atom. The topological polar surface area (TPSA) is 26.3 Å². The van der Waals surface area contributed by atoms with Gasteiger partial charge in [-0.2, -0.15) is 0 Å². The third kappa shape index (κ3) is 6.30. The molecule has 31 atom stereocenters. The van der Waals surface area contributed by atoms with Crippen LogP contribution in [-0.4, -0.2) is 13.1 Å². The summed E-state index contributed by atoms with van der Waals surface area (Å²) in [4.78, 5) is 14.8. The van der Waals surface area contributed by atoms with E-state index in [0.29, 0.717) is 0 Å². The van der Waals surface area contributed by atoms with Crippen LogP contribution in [0, 0.1) is 253 Å². The van der Waals surface area contributed by atoms with Crippen LogP contribution in [0.1, 0.15) is 138 Å². The van der Waals surface area contributed by atoms with Crippen molar-refractivity contribution >= 4 is 49.1 Å². The zero-order valence-corrected chi connectivity index (χ0v) is 64.5. The Kier molecular flexibility index (Phi) is 11.3. The number of carbonyl (C=O) groups excluding carboxylic acids is 1. The first-order valence-electron chi connectivity index (χ1n) is 42.9. The molecule has 0 saturated heterocycles. The molecule has 0 radical (unpaired) electrons. The Balaban J connectivity index is 0.805. The van der Waals surface area contributed by atoms with E-state index in [-0.39, 0.29) is 28.1 Å². The van der Waals surface area contributed by atoms with E-state index in [9.17, 15) is 4.79 Å². The molecule has 17 aliphatic rings. The molecular formula is C103H106O2. The van der Waals surface area contributed by atoms with Gasteiger partial charge in [0.1, 0.15) is 0 Å². The maximum atomic E-state index is 14.8. The standard InChI is InChI=1S/C103H106O2/c1-43(100(104)105-13)30-31-102(101-41-63-39-61-37-59-35-57-34-58-36-60-38-62-40-64(42-101)86-82(62)90-84(60)88-80(58)79(57)87-83(59)89-81(61)85(63)98-95-93(89)91(87)92(88)94(90)96(95)99(86)103(98,101)102)97-53(11)71(75-48(6)50(8)77(69-28-20-18-26-67(69)75)73-46(4)44(2)32-55-22-14-16-24-65(55)73)52(10)72(54(97)12)76-49(7)51(9)78(70-29-21-19-27-68(70)76)74-47(5)45(3)33-56-23-15-17-25-66(56)74/h14-29,32-33,41,43,57-62,64,79-96,98-99H,30-31,34-40,42H2,1-13H3. The third-order valence-electron chi connectivity index (χ3n) is 39.4. The summed E-state index contributed by atoms with van der Waals surface area (Å²) in [5.41, 5.74) is 31.1. The molecule has 0 bridgehead atoms. The Morgan fingerprint density at radius 2 is 0.762 bits per heavy atom. The SMILES string of the molecule is COC(=O)C(C)CCC1(c2c(C)c(-c3c(C)c(C)c(-c4c(C)c(C)cc5ccccc45)c4ccccc34)c(C)c(-c3c(C)c(C)c(-c4c(C)c(C)cc5ccccc45)c4ccccc34)c2C)C23C=C4CC5CC6CC7CC8CC9CC%10CC(C2)C2C%10C%10C9C9C8C7C7C6C6C5C4C4C5C6C7C9C%10C5C2C431. The highest BCUT2D eigenvalue weighted by molar-refractivity contribution is 6.16. The summed E-state index contributed by atoms with van der Waals surface area (Å²) >= 11 is 0. The molecule has 16 fully saturated rings. The number of allylic oxidation sites excluding steroid dienone is 2. The van der Waals surface area contributed by atoms with Gasteiger partial charge in [0.05, 0.1) is 13.0 Å². The van der Waals surface area contributed by atoms with Crippen molar-refractivity contribution in [3.05, 3.63) is 188 Å². The molecule has 0 aliphatic heterocycles. The minimum Gasteiger partial charge on any atom is -0.469 e. The number of fused-ring (bicyclic) bond motifs is 4. The summed E-state index contributed by atoms with van der Waals surface area (Å²) < 4.78 is 5.98. The van der Waals surface area contributed by atoms with Crippen molar-refractivity contribution in [3.8, 4) is 44.5 Å². The van der Waals surface area contributed by atoms with Crippen molar-refractivity contribution in [3.63, 3.8) is 0 Å². The van der Waals surface area contributed by atoms with Crippen LogP contribution in [0.25, 0.3) is 87.6 Å². The van der Waals surface area contributed by atoms with Gasteiger partial charge >= 0.3 is 5.97 Å². The highest BCUT2D eigenvalue weighted by Gasteiger charge is 3.01. The van der Waals surface area contributed by atoms with E-state index in [1.165, 1.54) is 157 Å².